The third-order valence-electron chi connectivity index (χ3n) is 2.21. The molecule has 0 saturated heterocycles. The summed E-state index contributed by atoms with van der Waals surface area (Å²) in [6.45, 7) is 0.245. The largest absolute Gasteiger partial charge is 0.467 e. The van der Waals surface area contributed by atoms with Crippen molar-refractivity contribution in [1.29, 1.82) is 0 Å². The highest BCUT2D eigenvalue weighted by molar-refractivity contribution is 5.64. The zero-order valence-corrected chi connectivity index (χ0v) is 9.14. The zero-order valence-electron chi connectivity index (χ0n) is 9.14. The lowest BCUT2D eigenvalue weighted by Gasteiger charge is -2.06. The predicted molar refractivity (Wildman–Crippen MR) is 63.2 cm³/mol. The van der Waals surface area contributed by atoms with E-state index in [1.54, 1.807) is 7.11 Å². The van der Waals surface area contributed by atoms with E-state index in [-0.39, 0.29) is 6.79 Å². The first-order valence-corrected chi connectivity index (χ1v) is 5.09. The second kappa shape index (κ2) is 5.33. The van der Waals surface area contributed by atoms with Crippen LogP contribution in [0.15, 0.2) is 48.5 Å². The van der Waals surface area contributed by atoms with Crippen LogP contribution in [0.25, 0.3) is 11.1 Å². The molecule has 0 saturated carbocycles. The van der Waals surface area contributed by atoms with Gasteiger partial charge in [-0.3, -0.25) is 0 Å². The van der Waals surface area contributed by atoms with Gasteiger partial charge in [0.2, 0.25) is 0 Å². The third kappa shape index (κ3) is 2.61. The van der Waals surface area contributed by atoms with Gasteiger partial charge in [-0.25, -0.2) is 0 Å². The minimum Gasteiger partial charge on any atom is -0.467 e. The first-order chi connectivity index (χ1) is 7.90. The minimum atomic E-state index is 0.245. The molecule has 0 heterocycles. The Morgan fingerprint density at radius 3 is 2.62 bits per heavy atom. The van der Waals surface area contributed by atoms with Gasteiger partial charge >= 0.3 is 0 Å². The van der Waals surface area contributed by atoms with Gasteiger partial charge in [0.05, 0.1) is 0 Å². The number of methoxy groups -OCH3 is 1. The highest BCUT2D eigenvalue weighted by Gasteiger charge is 1.99. The van der Waals surface area contributed by atoms with E-state index in [9.17, 15) is 0 Å². The topological polar surface area (TPSA) is 18.5 Å². The van der Waals surface area contributed by atoms with Gasteiger partial charge in [0.25, 0.3) is 0 Å². The molecule has 0 spiro atoms. The fraction of sp³-hybridized carbons (Fsp3) is 0.143. The van der Waals surface area contributed by atoms with Crippen molar-refractivity contribution in [2.24, 2.45) is 0 Å². The SMILES string of the molecule is COCOc1[c]ccc(-c2ccccc2)c1. The molecule has 0 N–H and O–H groups in total. The molecule has 0 aliphatic carbocycles. The van der Waals surface area contributed by atoms with E-state index in [4.69, 9.17) is 9.47 Å². The second-order valence-electron chi connectivity index (χ2n) is 3.36. The fourth-order valence-electron chi connectivity index (χ4n) is 1.46. The summed E-state index contributed by atoms with van der Waals surface area (Å²) in [6.07, 6.45) is 0. The highest BCUT2D eigenvalue weighted by Crippen LogP contribution is 2.22. The molecule has 0 unspecified atom stereocenters. The fourth-order valence-corrected chi connectivity index (χ4v) is 1.46. The van der Waals surface area contributed by atoms with Crippen LogP contribution in [0.2, 0.25) is 0 Å². The summed E-state index contributed by atoms with van der Waals surface area (Å²) >= 11 is 0. The first-order valence-electron chi connectivity index (χ1n) is 5.09. The molecule has 2 heteroatoms. The molecule has 0 fully saturated rings. The average molecular weight is 213 g/mol. The maximum Gasteiger partial charge on any atom is 0.188 e. The Morgan fingerprint density at radius 1 is 1.06 bits per heavy atom. The van der Waals surface area contributed by atoms with E-state index < -0.39 is 0 Å². The normalized spacial score (nSPS) is 10.1. The number of ether oxygens (including phenoxy) is 2. The summed E-state index contributed by atoms with van der Waals surface area (Å²) in [5.74, 6) is 0.697. The van der Waals surface area contributed by atoms with E-state index >= 15 is 0 Å². The molecule has 0 amide bonds. The van der Waals surface area contributed by atoms with Crippen LogP contribution in [-0.4, -0.2) is 13.9 Å². The molecular formula is C14H13O2. The van der Waals surface area contributed by atoms with Crippen molar-refractivity contribution in [3.63, 3.8) is 0 Å². The van der Waals surface area contributed by atoms with Gasteiger partial charge in [0.15, 0.2) is 6.79 Å². The molecule has 2 rings (SSSR count). The van der Waals surface area contributed by atoms with Crippen LogP contribution >= 0.6 is 0 Å². The number of hydrogen-bond donors (Lipinski definition) is 0. The Morgan fingerprint density at radius 2 is 1.88 bits per heavy atom. The lowest BCUT2D eigenvalue weighted by molar-refractivity contribution is 0.0510. The van der Waals surface area contributed by atoms with Crippen molar-refractivity contribution in [2.45, 2.75) is 0 Å². The van der Waals surface area contributed by atoms with Crippen LogP contribution in [-0.2, 0) is 4.74 Å². The highest BCUT2D eigenvalue weighted by atomic mass is 16.7. The Balaban J connectivity index is 2.22. The van der Waals surface area contributed by atoms with Gasteiger partial charge in [-0.15, -0.1) is 0 Å². The van der Waals surface area contributed by atoms with Crippen molar-refractivity contribution in [3.05, 3.63) is 54.6 Å². The lowest BCUT2D eigenvalue weighted by Crippen LogP contribution is -1.98. The Kier molecular flexibility index (Phi) is 3.57. The molecule has 0 aliphatic heterocycles. The summed E-state index contributed by atoms with van der Waals surface area (Å²) in [6, 6.07) is 19.0. The molecule has 16 heavy (non-hydrogen) atoms. The zero-order chi connectivity index (χ0) is 11.2. The Labute approximate surface area is 95.4 Å². The van der Waals surface area contributed by atoms with Crippen molar-refractivity contribution in [3.8, 4) is 16.9 Å². The van der Waals surface area contributed by atoms with Gasteiger partial charge in [-0.1, -0.05) is 36.4 Å². The van der Waals surface area contributed by atoms with Crippen LogP contribution in [0.1, 0.15) is 0 Å². The Hall–Kier alpha value is -1.80. The molecule has 2 aromatic carbocycles. The summed E-state index contributed by atoms with van der Waals surface area (Å²) in [4.78, 5) is 0. The van der Waals surface area contributed by atoms with E-state index in [2.05, 4.69) is 18.2 Å². The lowest BCUT2D eigenvalue weighted by atomic mass is 10.1. The summed E-state index contributed by atoms with van der Waals surface area (Å²) in [5.41, 5.74) is 2.28. The third-order valence-corrected chi connectivity index (χ3v) is 2.21. The molecule has 0 aromatic heterocycles. The van der Waals surface area contributed by atoms with Crippen molar-refractivity contribution in [1.82, 2.24) is 0 Å². The van der Waals surface area contributed by atoms with E-state index in [1.165, 1.54) is 5.56 Å². The summed E-state index contributed by atoms with van der Waals surface area (Å²) in [7, 11) is 1.60. The average Bonchev–Trinajstić information content (AvgIpc) is 2.38. The smallest absolute Gasteiger partial charge is 0.188 e. The van der Waals surface area contributed by atoms with E-state index in [1.807, 2.05) is 36.4 Å². The molecule has 81 valence electrons. The molecule has 2 aromatic rings. The molecule has 2 nitrogen and oxygen atoms in total. The molecule has 1 radical (unpaired) electrons. The van der Waals surface area contributed by atoms with E-state index in [0.717, 1.165) is 5.56 Å². The Bertz CT molecular complexity index is 437. The van der Waals surface area contributed by atoms with Gasteiger partial charge in [-0.05, 0) is 23.3 Å². The van der Waals surface area contributed by atoms with Crippen LogP contribution in [0, 0.1) is 6.07 Å². The molecule has 0 atom stereocenters. The van der Waals surface area contributed by atoms with Crippen LogP contribution in [0.4, 0.5) is 0 Å². The number of hydrogen-bond acceptors (Lipinski definition) is 2. The quantitative estimate of drug-likeness (QED) is 0.726. The second-order valence-corrected chi connectivity index (χ2v) is 3.36. The van der Waals surface area contributed by atoms with Crippen LogP contribution in [0.5, 0.6) is 5.75 Å². The summed E-state index contributed by atoms with van der Waals surface area (Å²) < 4.78 is 10.2. The maximum atomic E-state index is 5.34. The van der Waals surface area contributed by atoms with Crippen molar-refractivity contribution < 1.29 is 9.47 Å². The van der Waals surface area contributed by atoms with Gasteiger partial charge < -0.3 is 9.47 Å². The van der Waals surface area contributed by atoms with Crippen LogP contribution in [0.3, 0.4) is 0 Å². The molecule has 0 bridgehead atoms. The predicted octanol–water partition coefficient (Wildman–Crippen LogP) is 3.14. The van der Waals surface area contributed by atoms with E-state index in [0.29, 0.717) is 5.75 Å². The van der Waals surface area contributed by atoms with Crippen molar-refractivity contribution in [2.75, 3.05) is 13.9 Å². The number of benzene rings is 2. The van der Waals surface area contributed by atoms with Crippen LogP contribution < -0.4 is 4.74 Å². The number of rotatable bonds is 4. The monoisotopic (exact) mass is 213 g/mol. The van der Waals surface area contributed by atoms with Gasteiger partial charge in [0.1, 0.15) is 5.75 Å². The standard InChI is InChI=1S/C14H13O2/c1-15-11-16-14-9-5-8-13(10-14)12-6-3-2-4-7-12/h2-8,10H,11H2,1H3. The minimum absolute atomic E-state index is 0.245. The first kappa shape index (κ1) is 10.7. The van der Waals surface area contributed by atoms with Gasteiger partial charge in [0, 0.05) is 13.2 Å². The summed E-state index contributed by atoms with van der Waals surface area (Å²) in [5, 5.41) is 0. The molecule has 0 aliphatic rings. The molecular weight excluding hydrogens is 200 g/mol. The maximum absolute atomic E-state index is 5.34. The van der Waals surface area contributed by atoms with Gasteiger partial charge in [-0.2, -0.15) is 0 Å². The van der Waals surface area contributed by atoms with Crippen molar-refractivity contribution >= 4 is 0 Å².